The molecule has 0 spiro atoms. The minimum atomic E-state index is -0.174. The second-order valence-corrected chi connectivity index (χ2v) is 7.88. The van der Waals surface area contributed by atoms with Crippen molar-refractivity contribution in [2.24, 2.45) is 0 Å². The van der Waals surface area contributed by atoms with Crippen LogP contribution >= 0.6 is 11.8 Å². The predicted molar refractivity (Wildman–Crippen MR) is 108 cm³/mol. The fourth-order valence-electron chi connectivity index (χ4n) is 3.57. The number of carbonyl (C=O) groups is 2. The Morgan fingerprint density at radius 3 is 2.54 bits per heavy atom. The first-order valence-corrected chi connectivity index (χ1v) is 9.77. The second kappa shape index (κ2) is 7.54. The number of thioether (sulfide) groups is 1. The van der Waals surface area contributed by atoms with Crippen molar-refractivity contribution in [3.05, 3.63) is 53.1 Å². The number of anilines is 2. The van der Waals surface area contributed by atoms with Gasteiger partial charge in [0.05, 0.1) is 17.1 Å². The van der Waals surface area contributed by atoms with Gasteiger partial charge in [0.1, 0.15) is 0 Å². The molecule has 0 bridgehead atoms. The Labute approximate surface area is 159 Å². The number of hydrogen-bond acceptors (Lipinski definition) is 3. The maximum absolute atomic E-state index is 13.1. The molecule has 1 aliphatic heterocycles. The van der Waals surface area contributed by atoms with Crippen LogP contribution in [0.25, 0.3) is 0 Å². The molecule has 3 rings (SSSR count). The van der Waals surface area contributed by atoms with Gasteiger partial charge in [0.15, 0.2) is 0 Å². The van der Waals surface area contributed by atoms with Gasteiger partial charge in [0.2, 0.25) is 11.8 Å². The SMILES string of the molecule is Cc1cc(C)c(SCC(=O)N2c3ccccc3NC(=O)C[C@H]2C)c(C)c1. The lowest BCUT2D eigenvalue weighted by Crippen LogP contribution is -2.40. The van der Waals surface area contributed by atoms with Crippen LogP contribution in [0.5, 0.6) is 0 Å². The summed E-state index contributed by atoms with van der Waals surface area (Å²) < 4.78 is 0. The maximum Gasteiger partial charge on any atom is 0.237 e. The molecule has 0 radical (unpaired) electrons. The van der Waals surface area contributed by atoms with Crippen molar-refractivity contribution >= 4 is 35.0 Å². The van der Waals surface area contributed by atoms with Gasteiger partial charge in [-0.05, 0) is 51.0 Å². The van der Waals surface area contributed by atoms with Crippen LogP contribution in [-0.4, -0.2) is 23.6 Å². The molecule has 1 aliphatic rings. The number of amides is 2. The summed E-state index contributed by atoms with van der Waals surface area (Å²) in [5.74, 6) is 0.307. The summed E-state index contributed by atoms with van der Waals surface area (Å²) in [5, 5.41) is 2.90. The lowest BCUT2D eigenvalue weighted by molar-refractivity contribution is -0.117. The largest absolute Gasteiger partial charge is 0.324 e. The molecule has 0 saturated heterocycles. The zero-order valence-electron chi connectivity index (χ0n) is 15.6. The molecule has 2 amide bonds. The summed E-state index contributed by atoms with van der Waals surface area (Å²) >= 11 is 1.57. The average molecular weight is 369 g/mol. The molecule has 0 unspecified atom stereocenters. The number of nitrogens with zero attached hydrogens (tertiary/aromatic N) is 1. The fourth-order valence-corrected chi connectivity index (χ4v) is 4.55. The number of hydrogen-bond donors (Lipinski definition) is 1. The van der Waals surface area contributed by atoms with Crippen molar-refractivity contribution in [2.75, 3.05) is 16.0 Å². The van der Waals surface area contributed by atoms with Gasteiger partial charge in [-0.1, -0.05) is 29.8 Å². The predicted octanol–water partition coefficient (Wildman–Crippen LogP) is 4.47. The molecule has 5 heteroatoms. The molecule has 2 aromatic carbocycles. The number of aryl methyl sites for hydroxylation is 3. The van der Waals surface area contributed by atoms with Crippen LogP contribution < -0.4 is 10.2 Å². The van der Waals surface area contributed by atoms with Crippen molar-refractivity contribution in [1.29, 1.82) is 0 Å². The molecule has 0 saturated carbocycles. The fraction of sp³-hybridized carbons (Fsp3) is 0.333. The van der Waals surface area contributed by atoms with E-state index < -0.39 is 0 Å². The molecular weight excluding hydrogens is 344 g/mol. The molecular formula is C21H24N2O2S. The van der Waals surface area contributed by atoms with Crippen molar-refractivity contribution in [3.8, 4) is 0 Å². The van der Waals surface area contributed by atoms with Gasteiger partial charge < -0.3 is 10.2 Å². The van der Waals surface area contributed by atoms with Crippen LogP contribution in [0.1, 0.15) is 30.0 Å². The highest BCUT2D eigenvalue weighted by molar-refractivity contribution is 8.00. The van der Waals surface area contributed by atoms with Crippen molar-refractivity contribution in [1.82, 2.24) is 0 Å². The van der Waals surface area contributed by atoms with E-state index in [2.05, 4.69) is 38.2 Å². The molecule has 1 heterocycles. The van der Waals surface area contributed by atoms with Gasteiger partial charge in [-0.3, -0.25) is 9.59 Å². The Kier molecular flexibility index (Phi) is 5.37. The first-order chi connectivity index (χ1) is 12.4. The van der Waals surface area contributed by atoms with E-state index in [1.54, 1.807) is 16.7 Å². The van der Waals surface area contributed by atoms with Crippen LogP contribution in [-0.2, 0) is 9.59 Å². The minimum Gasteiger partial charge on any atom is -0.324 e. The van der Waals surface area contributed by atoms with E-state index in [1.165, 1.54) is 16.7 Å². The summed E-state index contributed by atoms with van der Waals surface area (Å²) in [6, 6.07) is 11.6. The molecule has 1 N–H and O–H groups in total. The summed E-state index contributed by atoms with van der Waals surface area (Å²) in [6.07, 6.45) is 0.299. The third kappa shape index (κ3) is 3.78. The normalized spacial score (nSPS) is 16.7. The van der Waals surface area contributed by atoms with Crippen molar-refractivity contribution in [3.63, 3.8) is 0 Å². The lowest BCUT2D eigenvalue weighted by Gasteiger charge is -2.28. The topological polar surface area (TPSA) is 49.4 Å². The van der Waals surface area contributed by atoms with Gasteiger partial charge in [-0.25, -0.2) is 0 Å². The van der Waals surface area contributed by atoms with Gasteiger partial charge in [-0.15, -0.1) is 11.8 Å². The smallest absolute Gasteiger partial charge is 0.237 e. The van der Waals surface area contributed by atoms with Crippen molar-refractivity contribution in [2.45, 2.75) is 45.1 Å². The average Bonchev–Trinajstić information content (AvgIpc) is 2.67. The van der Waals surface area contributed by atoms with Gasteiger partial charge in [-0.2, -0.15) is 0 Å². The molecule has 0 aromatic heterocycles. The number of fused-ring (bicyclic) bond motifs is 1. The Balaban J connectivity index is 1.84. The Hall–Kier alpha value is -2.27. The first kappa shape index (κ1) is 18.5. The number of para-hydroxylation sites is 2. The van der Waals surface area contributed by atoms with E-state index in [4.69, 9.17) is 0 Å². The van der Waals surface area contributed by atoms with Crippen LogP contribution in [0.15, 0.2) is 41.3 Å². The third-order valence-corrected chi connectivity index (χ3v) is 5.90. The third-order valence-electron chi connectivity index (χ3n) is 4.57. The second-order valence-electron chi connectivity index (χ2n) is 6.90. The quantitative estimate of drug-likeness (QED) is 0.813. The molecule has 26 heavy (non-hydrogen) atoms. The Morgan fingerprint density at radius 1 is 1.19 bits per heavy atom. The van der Waals surface area contributed by atoms with E-state index in [0.717, 1.165) is 10.6 Å². The summed E-state index contributed by atoms with van der Waals surface area (Å²) in [7, 11) is 0. The highest BCUT2D eigenvalue weighted by Gasteiger charge is 2.29. The molecule has 0 aliphatic carbocycles. The molecule has 4 nitrogen and oxygen atoms in total. The van der Waals surface area contributed by atoms with Crippen molar-refractivity contribution < 1.29 is 9.59 Å². The number of benzene rings is 2. The monoisotopic (exact) mass is 368 g/mol. The number of carbonyl (C=O) groups excluding carboxylic acids is 2. The van der Waals surface area contributed by atoms with Crippen LogP contribution in [0.3, 0.4) is 0 Å². The molecule has 136 valence electrons. The van der Waals surface area contributed by atoms with Gasteiger partial charge in [0.25, 0.3) is 0 Å². The highest BCUT2D eigenvalue weighted by Crippen LogP contribution is 2.33. The summed E-state index contributed by atoms with van der Waals surface area (Å²) in [5.41, 5.74) is 5.09. The minimum absolute atomic E-state index is 0.0193. The Bertz CT molecular complexity index is 840. The van der Waals surface area contributed by atoms with Crippen LogP contribution in [0.4, 0.5) is 11.4 Å². The zero-order chi connectivity index (χ0) is 18.8. The zero-order valence-corrected chi connectivity index (χ0v) is 16.4. The van der Waals surface area contributed by atoms with E-state index in [9.17, 15) is 9.59 Å². The lowest BCUT2D eigenvalue weighted by atomic mass is 10.1. The molecule has 1 atom stereocenters. The Morgan fingerprint density at radius 2 is 1.85 bits per heavy atom. The first-order valence-electron chi connectivity index (χ1n) is 8.78. The van der Waals surface area contributed by atoms with Gasteiger partial charge >= 0.3 is 0 Å². The number of nitrogens with one attached hydrogen (secondary N) is 1. The summed E-state index contributed by atoms with van der Waals surface area (Å²) in [4.78, 5) is 28.1. The van der Waals surface area contributed by atoms with Crippen LogP contribution in [0.2, 0.25) is 0 Å². The number of rotatable bonds is 3. The summed E-state index contributed by atoms with van der Waals surface area (Å²) in [6.45, 7) is 8.17. The van der Waals surface area contributed by atoms with E-state index in [0.29, 0.717) is 17.9 Å². The van der Waals surface area contributed by atoms with E-state index in [1.807, 2.05) is 31.2 Å². The maximum atomic E-state index is 13.1. The molecule has 2 aromatic rings. The molecule has 0 fully saturated rings. The highest BCUT2D eigenvalue weighted by atomic mass is 32.2. The van der Waals surface area contributed by atoms with Gasteiger partial charge in [0, 0.05) is 17.4 Å². The van der Waals surface area contributed by atoms with E-state index in [-0.39, 0.29) is 17.9 Å². The van der Waals surface area contributed by atoms with Crippen LogP contribution in [0, 0.1) is 20.8 Å². The van der Waals surface area contributed by atoms with E-state index >= 15 is 0 Å². The standard InChI is InChI=1S/C21H24N2O2S/c1-13-9-14(2)21(15(3)10-13)26-12-20(25)23-16(4)11-19(24)22-17-7-5-6-8-18(17)23/h5-10,16H,11-12H2,1-4H3,(H,22,24)/t16-/m1/s1.